The van der Waals surface area contributed by atoms with Crippen LogP contribution < -0.4 is 4.90 Å². The van der Waals surface area contributed by atoms with Crippen LogP contribution in [0.2, 0.25) is 0 Å². The lowest BCUT2D eigenvalue weighted by atomic mass is 9.85. The zero-order valence-electron chi connectivity index (χ0n) is 22.9. The predicted octanol–water partition coefficient (Wildman–Crippen LogP) is 6.00. The standard InChI is InChI=1S/C23H28F2N4O2.C7H12O/c1-14(30)28-8-4-20-19(13-28)23(27-26-20)29-7-2-3-16-11-17(15-5-9-31-10-6-15)18(22(24)25)12-21(16)29;8-6-7-4-2-1-3-5-7/h11-12,15,22H,2-10,13H2,1H3,(H,26,27);6-7H,1-5H2. The van der Waals surface area contributed by atoms with Crippen LogP contribution in [0.3, 0.4) is 0 Å². The molecule has 0 radical (unpaired) electrons. The van der Waals surface area contributed by atoms with Gasteiger partial charge in [0.2, 0.25) is 5.91 Å². The number of amides is 1. The molecule has 4 aliphatic rings. The van der Waals surface area contributed by atoms with E-state index in [0.29, 0.717) is 32.2 Å². The van der Waals surface area contributed by atoms with Crippen molar-refractivity contribution in [2.75, 3.05) is 31.2 Å². The number of anilines is 2. The van der Waals surface area contributed by atoms with Crippen molar-refractivity contribution in [1.29, 1.82) is 0 Å². The maximum absolute atomic E-state index is 14.1. The van der Waals surface area contributed by atoms with Crippen LogP contribution in [0.25, 0.3) is 0 Å². The number of aryl methyl sites for hydroxylation is 1. The molecule has 0 atom stereocenters. The maximum atomic E-state index is 14.1. The van der Waals surface area contributed by atoms with Crippen LogP contribution >= 0.6 is 0 Å². The summed E-state index contributed by atoms with van der Waals surface area (Å²) in [6.45, 7) is 4.73. The van der Waals surface area contributed by atoms with Crippen LogP contribution in [0.15, 0.2) is 12.1 Å². The lowest BCUT2D eigenvalue weighted by Gasteiger charge is -2.34. The van der Waals surface area contributed by atoms with Crippen LogP contribution in [0.1, 0.15) is 98.6 Å². The number of aromatic nitrogens is 2. The number of carbonyl (C=O) groups is 2. The molecule has 0 bridgehead atoms. The molecule has 3 aliphatic heterocycles. The molecule has 2 aromatic rings. The second kappa shape index (κ2) is 12.6. The highest BCUT2D eigenvalue weighted by Crippen LogP contribution is 2.43. The number of aromatic amines is 1. The first-order valence-electron chi connectivity index (χ1n) is 14.5. The third-order valence-electron chi connectivity index (χ3n) is 8.75. The van der Waals surface area contributed by atoms with Gasteiger partial charge in [-0.15, -0.1) is 0 Å². The lowest BCUT2D eigenvalue weighted by Crippen LogP contribution is -2.35. The third-order valence-corrected chi connectivity index (χ3v) is 8.75. The molecule has 1 saturated carbocycles. The van der Waals surface area contributed by atoms with Crippen LogP contribution in [0, 0.1) is 5.92 Å². The fraction of sp³-hybridized carbons (Fsp3) is 0.633. The zero-order valence-corrected chi connectivity index (χ0v) is 22.9. The predicted molar refractivity (Wildman–Crippen MR) is 146 cm³/mol. The molecule has 1 amide bonds. The number of rotatable bonds is 4. The summed E-state index contributed by atoms with van der Waals surface area (Å²) >= 11 is 0. The molecule has 0 spiro atoms. The van der Waals surface area contributed by atoms with Crippen LogP contribution in [-0.4, -0.2) is 53.6 Å². The van der Waals surface area contributed by atoms with Gasteiger partial charge in [-0.05, 0) is 61.6 Å². The average molecular weight is 543 g/mol. The number of carbonyl (C=O) groups excluding carboxylic acids is 2. The summed E-state index contributed by atoms with van der Waals surface area (Å²) in [5.74, 6) is 1.34. The van der Waals surface area contributed by atoms with Gasteiger partial charge in [-0.3, -0.25) is 9.89 Å². The monoisotopic (exact) mass is 542 g/mol. The van der Waals surface area contributed by atoms with E-state index in [1.807, 2.05) is 11.0 Å². The molecule has 0 unspecified atom stereocenters. The molecule has 1 saturated heterocycles. The van der Waals surface area contributed by atoms with Gasteiger partial charge in [0.15, 0.2) is 5.82 Å². The summed E-state index contributed by atoms with van der Waals surface area (Å²) in [6.07, 6.45) is 8.86. The van der Waals surface area contributed by atoms with E-state index in [-0.39, 0.29) is 17.4 Å². The smallest absolute Gasteiger partial charge is 0.264 e. The van der Waals surface area contributed by atoms with Gasteiger partial charge in [0.05, 0.1) is 6.54 Å². The van der Waals surface area contributed by atoms with Gasteiger partial charge in [-0.25, -0.2) is 8.78 Å². The minimum atomic E-state index is -2.52. The van der Waals surface area contributed by atoms with Gasteiger partial charge in [-0.2, -0.15) is 5.10 Å². The molecule has 1 aliphatic carbocycles. The highest BCUT2D eigenvalue weighted by atomic mass is 19.3. The first-order chi connectivity index (χ1) is 19.0. The van der Waals surface area contributed by atoms with E-state index >= 15 is 0 Å². The molecule has 9 heteroatoms. The summed E-state index contributed by atoms with van der Waals surface area (Å²) in [5.41, 5.74) is 4.88. The highest BCUT2D eigenvalue weighted by Gasteiger charge is 2.31. The number of aldehydes is 1. The Morgan fingerprint density at radius 3 is 2.51 bits per heavy atom. The average Bonchev–Trinajstić information content (AvgIpc) is 3.40. The van der Waals surface area contributed by atoms with E-state index in [1.165, 1.54) is 19.3 Å². The SMILES string of the molecule is CC(=O)N1CCc2[nH]nc(N3CCCc4cc(C5CCOCC5)c(C(F)F)cc43)c2C1.O=CC1CCCCC1. The number of hydrogen-bond acceptors (Lipinski definition) is 5. The molecule has 1 aromatic heterocycles. The molecule has 6 rings (SSSR count). The topological polar surface area (TPSA) is 78.5 Å². The van der Waals surface area contributed by atoms with Gasteiger partial charge in [0, 0.05) is 68.1 Å². The number of fused-ring (bicyclic) bond motifs is 2. The Kier molecular flexibility index (Phi) is 8.95. The summed E-state index contributed by atoms with van der Waals surface area (Å²) in [5, 5.41) is 7.68. The van der Waals surface area contributed by atoms with E-state index in [1.54, 1.807) is 13.0 Å². The van der Waals surface area contributed by atoms with E-state index in [0.717, 1.165) is 91.7 Å². The molecule has 39 heavy (non-hydrogen) atoms. The van der Waals surface area contributed by atoms with Crippen molar-refractivity contribution >= 4 is 23.7 Å². The Bertz CT molecular complexity index is 1160. The number of ether oxygens (including phenoxy) is 1. The summed E-state index contributed by atoms with van der Waals surface area (Å²) in [6, 6.07) is 3.70. The van der Waals surface area contributed by atoms with Gasteiger partial charge in [0.25, 0.3) is 6.43 Å². The molecule has 212 valence electrons. The number of H-pyrrole nitrogens is 1. The normalized spacial score (nSPS) is 20.2. The van der Waals surface area contributed by atoms with Crippen molar-refractivity contribution in [3.05, 3.63) is 40.1 Å². The minimum Gasteiger partial charge on any atom is -0.381 e. The molecule has 2 fully saturated rings. The fourth-order valence-electron chi connectivity index (χ4n) is 6.48. The van der Waals surface area contributed by atoms with Gasteiger partial charge >= 0.3 is 0 Å². The largest absolute Gasteiger partial charge is 0.381 e. The van der Waals surface area contributed by atoms with Crippen molar-refractivity contribution < 1.29 is 23.1 Å². The summed E-state index contributed by atoms with van der Waals surface area (Å²) in [4.78, 5) is 26.0. The first-order valence-corrected chi connectivity index (χ1v) is 14.5. The Morgan fingerprint density at radius 2 is 1.85 bits per heavy atom. The Morgan fingerprint density at radius 1 is 1.08 bits per heavy atom. The van der Waals surface area contributed by atoms with Gasteiger partial charge < -0.3 is 19.3 Å². The fourth-order valence-corrected chi connectivity index (χ4v) is 6.48. The van der Waals surface area contributed by atoms with Crippen molar-refractivity contribution in [3.63, 3.8) is 0 Å². The molecule has 1 aromatic carbocycles. The molecule has 4 heterocycles. The quantitative estimate of drug-likeness (QED) is 0.480. The number of benzene rings is 1. The third kappa shape index (κ3) is 6.18. The Labute approximate surface area is 229 Å². The Hall–Kier alpha value is -2.81. The van der Waals surface area contributed by atoms with Crippen molar-refractivity contribution in [3.8, 4) is 0 Å². The van der Waals surface area contributed by atoms with Gasteiger partial charge in [-0.1, -0.05) is 25.3 Å². The molecular weight excluding hydrogens is 502 g/mol. The van der Waals surface area contributed by atoms with Gasteiger partial charge in [0.1, 0.15) is 6.29 Å². The van der Waals surface area contributed by atoms with Crippen LogP contribution in [-0.2, 0) is 33.7 Å². The van der Waals surface area contributed by atoms with Crippen molar-refractivity contribution in [1.82, 2.24) is 15.1 Å². The molecule has 7 nitrogen and oxygen atoms in total. The second-order valence-corrected chi connectivity index (χ2v) is 11.3. The molecular formula is C30H40F2N4O3. The number of halogens is 2. The Balaban J connectivity index is 0.000000332. The second-order valence-electron chi connectivity index (χ2n) is 11.3. The van der Waals surface area contributed by atoms with E-state index < -0.39 is 6.43 Å². The summed E-state index contributed by atoms with van der Waals surface area (Å²) in [7, 11) is 0. The minimum absolute atomic E-state index is 0.0398. The van der Waals surface area contributed by atoms with E-state index in [9.17, 15) is 18.4 Å². The lowest BCUT2D eigenvalue weighted by molar-refractivity contribution is -0.129. The zero-order chi connectivity index (χ0) is 27.4. The van der Waals surface area contributed by atoms with Crippen molar-refractivity contribution in [2.24, 2.45) is 5.92 Å². The van der Waals surface area contributed by atoms with E-state index in [4.69, 9.17) is 4.74 Å². The molecule has 1 N–H and O–H groups in total. The van der Waals surface area contributed by atoms with E-state index in [2.05, 4.69) is 15.1 Å². The number of nitrogens with zero attached hydrogens (tertiary/aromatic N) is 3. The first kappa shape index (κ1) is 27.7. The maximum Gasteiger partial charge on any atom is 0.264 e. The van der Waals surface area contributed by atoms with Crippen molar-refractivity contribution in [2.45, 2.75) is 90.0 Å². The highest BCUT2D eigenvalue weighted by molar-refractivity contribution is 5.75. The van der Waals surface area contributed by atoms with Crippen LogP contribution in [0.5, 0.6) is 0 Å². The number of alkyl halides is 2. The van der Waals surface area contributed by atoms with Crippen LogP contribution in [0.4, 0.5) is 20.3 Å². The summed E-state index contributed by atoms with van der Waals surface area (Å²) < 4.78 is 33.7. The number of nitrogens with one attached hydrogen (secondary N) is 1. The number of hydrogen-bond donors (Lipinski definition) is 1.